The first-order chi connectivity index (χ1) is 6.49. The Kier molecular flexibility index (Phi) is 4.20. The number of hydrogen-bond donors (Lipinski definition) is 0. The van der Waals surface area contributed by atoms with E-state index in [2.05, 4.69) is 6.07 Å². The molecule has 0 aliphatic heterocycles. The van der Waals surface area contributed by atoms with Crippen molar-refractivity contribution in [3.8, 4) is 6.07 Å². The van der Waals surface area contributed by atoms with E-state index in [4.69, 9.17) is 5.26 Å². The Morgan fingerprint density at radius 1 is 1.33 bits per heavy atom. The van der Waals surface area contributed by atoms with Crippen LogP contribution in [0.1, 0.15) is 15.9 Å². The van der Waals surface area contributed by atoms with E-state index in [1.54, 1.807) is 12.1 Å². The number of hydrogen-bond acceptors (Lipinski definition) is 2. The van der Waals surface area contributed by atoms with Crippen molar-refractivity contribution >= 4 is 12.0 Å². The molecular formula is C12H16N2O. The van der Waals surface area contributed by atoms with Crippen LogP contribution in [-0.2, 0) is 0 Å². The van der Waals surface area contributed by atoms with E-state index >= 15 is 0 Å². The summed E-state index contributed by atoms with van der Waals surface area (Å²) in [5.74, 6) is 0. The van der Waals surface area contributed by atoms with Crippen LogP contribution in [0.4, 0.5) is 5.69 Å². The molecule has 0 amide bonds. The molecule has 1 aromatic carbocycles. The van der Waals surface area contributed by atoms with Crippen molar-refractivity contribution in [1.82, 2.24) is 4.48 Å². The van der Waals surface area contributed by atoms with Gasteiger partial charge < -0.3 is 7.43 Å². The van der Waals surface area contributed by atoms with E-state index in [1.807, 2.05) is 27.2 Å². The molecule has 15 heavy (non-hydrogen) atoms. The number of quaternary nitrogens is 1. The lowest BCUT2D eigenvalue weighted by Gasteiger charge is -2.24. The number of benzene rings is 1. The van der Waals surface area contributed by atoms with E-state index in [-0.39, 0.29) is 7.43 Å². The zero-order valence-electron chi connectivity index (χ0n) is 9.61. The minimum Gasteiger partial charge on any atom is -0.358 e. The third-order valence-corrected chi connectivity index (χ3v) is 2.00. The summed E-state index contributed by atoms with van der Waals surface area (Å²) in [7, 11) is 5.95. The standard InChI is InChI=1S/C11H13N2O.CH3/c1-13(2,3)11-5-4-9(8-14)6-10(11)7-12;/h4-6,8H,1-3H3;1H3/q+1;-1. The summed E-state index contributed by atoms with van der Waals surface area (Å²) >= 11 is 0. The van der Waals surface area contributed by atoms with Crippen LogP contribution in [0.3, 0.4) is 0 Å². The number of aldehydes is 1. The van der Waals surface area contributed by atoms with Crippen molar-refractivity contribution in [2.75, 3.05) is 21.1 Å². The summed E-state index contributed by atoms with van der Waals surface area (Å²) in [5, 5.41) is 8.93. The smallest absolute Gasteiger partial charge is 0.150 e. The van der Waals surface area contributed by atoms with Gasteiger partial charge in [0.15, 0.2) is 0 Å². The Labute approximate surface area is 91.2 Å². The average Bonchev–Trinajstić information content (AvgIpc) is 2.15. The molecule has 1 rings (SSSR count). The number of nitrogens with zero attached hydrogens (tertiary/aromatic N) is 2. The quantitative estimate of drug-likeness (QED) is 0.420. The van der Waals surface area contributed by atoms with Gasteiger partial charge in [-0.25, -0.2) is 0 Å². The second kappa shape index (κ2) is 4.72. The second-order valence-electron chi connectivity index (χ2n) is 4.02. The first-order valence-corrected chi connectivity index (χ1v) is 4.30. The Morgan fingerprint density at radius 3 is 2.33 bits per heavy atom. The number of carbonyl (C=O) groups is 1. The molecule has 0 aromatic heterocycles. The predicted octanol–water partition coefficient (Wildman–Crippen LogP) is 2.02. The van der Waals surface area contributed by atoms with Crippen LogP contribution in [0.2, 0.25) is 0 Å². The van der Waals surface area contributed by atoms with Crippen molar-refractivity contribution in [2.24, 2.45) is 0 Å². The molecule has 0 spiro atoms. The van der Waals surface area contributed by atoms with Crippen LogP contribution in [-0.4, -0.2) is 27.4 Å². The average molecular weight is 204 g/mol. The third-order valence-electron chi connectivity index (χ3n) is 2.00. The fourth-order valence-electron chi connectivity index (χ4n) is 1.30. The van der Waals surface area contributed by atoms with Crippen molar-refractivity contribution < 1.29 is 4.79 Å². The highest BCUT2D eigenvalue weighted by molar-refractivity contribution is 5.77. The van der Waals surface area contributed by atoms with Gasteiger partial charge in [0.25, 0.3) is 0 Å². The summed E-state index contributed by atoms with van der Waals surface area (Å²) in [6.45, 7) is 0. The first-order valence-electron chi connectivity index (χ1n) is 4.30. The molecule has 0 aliphatic rings. The van der Waals surface area contributed by atoms with E-state index < -0.39 is 0 Å². The molecule has 80 valence electrons. The van der Waals surface area contributed by atoms with Crippen LogP contribution in [0.15, 0.2) is 18.2 Å². The predicted molar refractivity (Wildman–Crippen MR) is 62.5 cm³/mol. The summed E-state index contributed by atoms with van der Waals surface area (Å²) < 4.78 is 0.571. The first kappa shape index (κ1) is 13.3. The molecule has 0 fully saturated rings. The van der Waals surface area contributed by atoms with Crippen LogP contribution in [0.5, 0.6) is 0 Å². The Bertz CT molecular complexity index is 397. The molecule has 0 N–H and O–H groups in total. The van der Waals surface area contributed by atoms with Crippen molar-refractivity contribution in [3.63, 3.8) is 0 Å². The zero-order chi connectivity index (χ0) is 10.8. The molecular weight excluding hydrogens is 188 g/mol. The van der Waals surface area contributed by atoms with Crippen LogP contribution in [0, 0.1) is 18.8 Å². The molecule has 3 nitrogen and oxygen atoms in total. The Morgan fingerprint density at radius 2 is 1.93 bits per heavy atom. The SMILES string of the molecule is C[N+](C)(C)c1ccc(C=O)cc1C#N.[CH3-]. The monoisotopic (exact) mass is 204 g/mol. The third kappa shape index (κ3) is 2.90. The molecule has 1 aromatic rings. The van der Waals surface area contributed by atoms with Gasteiger partial charge >= 0.3 is 0 Å². The zero-order valence-corrected chi connectivity index (χ0v) is 9.61. The highest BCUT2D eigenvalue weighted by Gasteiger charge is 2.17. The van der Waals surface area contributed by atoms with Gasteiger partial charge in [-0.05, 0) is 12.1 Å². The summed E-state index contributed by atoms with van der Waals surface area (Å²) in [4.78, 5) is 10.5. The molecule has 0 unspecified atom stereocenters. The Balaban J connectivity index is 0.00000196. The molecule has 0 radical (unpaired) electrons. The molecule has 3 heteroatoms. The molecule has 0 atom stereocenters. The summed E-state index contributed by atoms with van der Waals surface area (Å²) in [6.07, 6.45) is 0.750. The normalized spacial score (nSPS) is 10.0. The lowest BCUT2D eigenvalue weighted by Crippen LogP contribution is -2.35. The van der Waals surface area contributed by atoms with Crippen LogP contribution < -0.4 is 4.48 Å². The molecule has 0 saturated heterocycles. The van der Waals surface area contributed by atoms with E-state index in [1.165, 1.54) is 0 Å². The maximum atomic E-state index is 10.5. The molecule has 0 saturated carbocycles. The maximum Gasteiger partial charge on any atom is 0.150 e. The highest BCUT2D eigenvalue weighted by Crippen LogP contribution is 2.22. The minimum absolute atomic E-state index is 0. The van der Waals surface area contributed by atoms with Crippen molar-refractivity contribution in [3.05, 3.63) is 36.8 Å². The van der Waals surface area contributed by atoms with Crippen molar-refractivity contribution in [1.29, 1.82) is 5.26 Å². The fourth-order valence-corrected chi connectivity index (χ4v) is 1.30. The lowest BCUT2D eigenvalue weighted by molar-refractivity contribution is 0.112. The molecule has 0 heterocycles. The van der Waals surface area contributed by atoms with Gasteiger partial charge in [-0.15, -0.1) is 0 Å². The Hall–Kier alpha value is -1.66. The van der Waals surface area contributed by atoms with Gasteiger partial charge in [-0.2, -0.15) is 5.26 Å². The van der Waals surface area contributed by atoms with Gasteiger partial charge in [0.05, 0.1) is 21.1 Å². The van der Waals surface area contributed by atoms with Crippen molar-refractivity contribution in [2.45, 2.75) is 0 Å². The van der Waals surface area contributed by atoms with Gasteiger partial charge in [-0.3, -0.25) is 9.28 Å². The molecule has 0 bridgehead atoms. The van der Waals surface area contributed by atoms with Gasteiger partial charge in [-0.1, -0.05) is 0 Å². The fraction of sp³-hybridized carbons (Fsp3) is 0.250. The minimum atomic E-state index is 0. The topological polar surface area (TPSA) is 40.9 Å². The van der Waals surface area contributed by atoms with Gasteiger partial charge in [0, 0.05) is 11.6 Å². The lowest BCUT2D eigenvalue weighted by atomic mass is 10.1. The number of nitriles is 1. The second-order valence-corrected chi connectivity index (χ2v) is 4.02. The van der Waals surface area contributed by atoms with Gasteiger partial charge in [0.2, 0.25) is 0 Å². The van der Waals surface area contributed by atoms with Crippen LogP contribution in [0.25, 0.3) is 0 Å². The highest BCUT2D eigenvalue weighted by atomic mass is 16.1. The number of carbonyl (C=O) groups excluding carboxylic acids is 1. The van der Waals surface area contributed by atoms with Crippen LogP contribution >= 0.6 is 0 Å². The largest absolute Gasteiger partial charge is 0.358 e. The molecule has 0 aliphatic carbocycles. The number of rotatable bonds is 2. The van der Waals surface area contributed by atoms with E-state index in [0.717, 1.165) is 12.0 Å². The van der Waals surface area contributed by atoms with E-state index in [9.17, 15) is 4.79 Å². The van der Waals surface area contributed by atoms with Gasteiger partial charge in [0.1, 0.15) is 23.6 Å². The summed E-state index contributed by atoms with van der Waals surface area (Å²) in [6, 6.07) is 7.27. The maximum absolute atomic E-state index is 10.5. The summed E-state index contributed by atoms with van der Waals surface area (Å²) in [5.41, 5.74) is 2.01. The van der Waals surface area contributed by atoms with E-state index in [0.29, 0.717) is 15.6 Å².